The zero-order valence-corrected chi connectivity index (χ0v) is 12.5. The predicted molar refractivity (Wildman–Crippen MR) is 84.9 cm³/mol. The molecule has 0 unspecified atom stereocenters. The Labute approximate surface area is 135 Å². The average Bonchev–Trinajstić information content (AvgIpc) is 2.54. The smallest absolute Gasteiger partial charge is 0.272 e. The molecule has 0 atom stereocenters. The summed E-state index contributed by atoms with van der Waals surface area (Å²) < 4.78 is 13.0. The second-order valence-corrected chi connectivity index (χ2v) is 5.27. The summed E-state index contributed by atoms with van der Waals surface area (Å²) in [5.41, 5.74) is 0.326. The Kier molecular flexibility index (Phi) is 4.08. The maximum atomic E-state index is 13.0. The molecule has 3 rings (SSSR count). The van der Waals surface area contributed by atoms with E-state index in [0.29, 0.717) is 16.3 Å². The van der Waals surface area contributed by atoms with Crippen molar-refractivity contribution >= 4 is 28.3 Å². The van der Waals surface area contributed by atoms with Gasteiger partial charge in [0.15, 0.2) is 5.69 Å². The average molecular weight is 332 g/mol. The van der Waals surface area contributed by atoms with Crippen molar-refractivity contribution in [2.45, 2.75) is 6.54 Å². The molecule has 0 saturated heterocycles. The minimum Gasteiger partial charge on any atom is -0.346 e. The lowest BCUT2D eigenvalue weighted by Gasteiger charge is -2.08. The number of amides is 1. The summed E-state index contributed by atoms with van der Waals surface area (Å²) in [6.45, 7) is 0.118. The second kappa shape index (κ2) is 6.18. The Hall–Kier alpha value is -2.73. The van der Waals surface area contributed by atoms with E-state index < -0.39 is 11.7 Å². The van der Waals surface area contributed by atoms with Crippen molar-refractivity contribution in [3.63, 3.8) is 0 Å². The topological polar surface area (TPSA) is 74.8 Å². The van der Waals surface area contributed by atoms with Gasteiger partial charge in [-0.2, -0.15) is 5.10 Å². The van der Waals surface area contributed by atoms with E-state index in [9.17, 15) is 14.0 Å². The van der Waals surface area contributed by atoms with Gasteiger partial charge < -0.3 is 5.32 Å². The molecule has 2 aromatic carbocycles. The van der Waals surface area contributed by atoms with Crippen LogP contribution in [-0.2, 0) is 6.54 Å². The first-order valence-corrected chi connectivity index (χ1v) is 7.13. The van der Waals surface area contributed by atoms with E-state index in [2.05, 4.69) is 15.5 Å². The third kappa shape index (κ3) is 3.07. The lowest BCUT2D eigenvalue weighted by molar-refractivity contribution is 0.0947. The van der Waals surface area contributed by atoms with Crippen molar-refractivity contribution in [1.82, 2.24) is 15.5 Å². The van der Waals surface area contributed by atoms with Gasteiger partial charge in [-0.1, -0.05) is 35.9 Å². The van der Waals surface area contributed by atoms with E-state index in [0.717, 1.165) is 0 Å². The fraction of sp³-hybridized carbons (Fsp3) is 0.0625. The van der Waals surface area contributed by atoms with Gasteiger partial charge in [0.2, 0.25) is 0 Å². The minimum absolute atomic E-state index is 0.110. The fourth-order valence-electron chi connectivity index (χ4n) is 2.21. The molecule has 1 amide bonds. The number of carbonyl (C=O) groups is 1. The van der Waals surface area contributed by atoms with Crippen LogP contribution in [0.4, 0.5) is 4.39 Å². The van der Waals surface area contributed by atoms with Gasteiger partial charge in [-0.05, 0) is 23.8 Å². The molecule has 0 fully saturated rings. The van der Waals surface area contributed by atoms with Crippen LogP contribution in [-0.4, -0.2) is 16.1 Å². The van der Waals surface area contributed by atoms with Crippen molar-refractivity contribution in [3.05, 3.63) is 74.9 Å². The lowest BCUT2D eigenvalue weighted by atomic mass is 10.1. The molecule has 1 aromatic heterocycles. The van der Waals surface area contributed by atoms with E-state index in [1.165, 1.54) is 18.2 Å². The number of nitrogens with zero attached hydrogens (tertiary/aromatic N) is 1. The summed E-state index contributed by atoms with van der Waals surface area (Å²) in [4.78, 5) is 24.0. The predicted octanol–water partition coefficient (Wildman–Crippen LogP) is 2.65. The molecule has 2 N–H and O–H groups in total. The summed E-state index contributed by atoms with van der Waals surface area (Å²) in [7, 11) is 0. The van der Waals surface area contributed by atoms with Crippen molar-refractivity contribution in [2.75, 3.05) is 0 Å². The summed E-state index contributed by atoms with van der Waals surface area (Å²) in [6, 6.07) is 10.6. The molecule has 3 aromatic rings. The van der Waals surface area contributed by atoms with Gasteiger partial charge in [0, 0.05) is 17.0 Å². The first kappa shape index (κ1) is 15.2. The maximum absolute atomic E-state index is 13.0. The summed E-state index contributed by atoms with van der Waals surface area (Å²) >= 11 is 5.92. The molecule has 116 valence electrons. The number of aromatic nitrogens is 2. The molecule has 0 spiro atoms. The number of aromatic amines is 1. The molecule has 5 nitrogen and oxygen atoms in total. The number of hydrogen-bond donors (Lipinski definition) is 2. The van der Waals surface area contributed by atoms with Crippen LogP contribution in [0.25, 0.3) is 10.8 Å². The number of rotatable bonds is 3. The quantitative estimate of drug-likeness (QED) is 0.774. The van der Waals surface area contributed by atoms with Gasteiger partial charge in [-0.15, -0.1) is 0 Å². The highest BCUT2D eigenvalue weighted by Gasteiger charge is 2.14. The van der Waals surface area contributed by atoms with Gasteiger partial charge in [-0.25, -0.2) is 9.49 Å². The van der Waals surface area contributed by atoms with Gasteiger partial charge in [0.05, 0.1) is 5.39 Å². The van der Waals surface area contributed by atoms with Crippen molar-refractivity contribution in [1.29, 1.82) is 0 Å². The van der Waals surface area contributed by atoms with Crippen LogP contribution < -0.4 is 10.9 Å². The zero-order valence-electron chi connectivity index (χ0n) is 11.8. The lowest BCUT2D eigenvalue weighted by Crippen LogP contribution is -2.26. The van der Waals surface area contributed by atoms with Crippen LogP contribution in [0.3, 0.4) is 0 Å². The standard InChI is InChI=1S/C16H11ClFN3O2/c17-13-7-10(18)6-5-9(13)8-19-16(23)14-11-3-1-2-4-12(11)15(22)21-20-14/h1-7H,8H2,(H,19,23)(H,21,22). The van der Waals surface area contributed by atoms with Crippen molar-refractivity contribution in [2.24, 2.45) is 0 Å². The first-order valence-electron chi connectivity index (χ1n) is 6.76. The third-order valence-corrected chi connectivity index (χ3v) is 3.72. The van der Waals surface area contributed by atoms with Crippen LogP contribution in [0.5, 0.6) is 0 Å². The Morgan fingerprint density at radius 2 is 1.96 bits per heavy atom. The molecule has 0 aliphatic carbocycles. The second-order valence-electron chi connectivity index (χ2n) is 4.87. The number of hydrogen-bond acceptors (Lipinski definition) is 3. The molecule has 0 aliphatic rings. The molecule has 0 saturated carbocycles. The number of carbonyl (C=O) groups excluding carboxylic acids is 1. The molecule has 1 heterocycles. The Morgan fingerprint density at radius 1 is 1.22 bits per heavy atom. The molecule has 0 radical (unpaired) electrons. The van der Waals surface area contributed by atoms with E-state index >= 15 is 0 Å². The van der Waals surface area contributed by atoms with Crippen LogP contribution >= 0.6 is 11.6 Å². The molecule has 0 bridgehead atoms. The molecular weight excluding hydrogens is 321 g/mol. The molecular formula is C16H11ClFN3O2. The van der Waals surface area contributed by atoms with Gasteiger partial charge >= 0.3 is 0 Å². The van der Waals surface area contributed by atoms with Crippen LogP contribution in [0, 0.1) is 5.82 Å². The number of nitrogens with one attached hydrogen (secondary N) is 2. The molecule has 7 heteroatoms. The molecule has 0 aliphatic heterocycles. The Balaban J connectivity index is 1.87. The Morgan fingerprint density at radius 3 is 2.70 bits per heavy atom. The van der Waals surface area contributed by atoms with Crippen LogP contribution in [0.15, 0.2) is 47.3 Å². The first-order chi connectivity index (χ1) is 11.1. The van der Waals surface area contributed by atoms with E-state index in [1.54, 1.807) is 24.3 Å². The van der Waals surface area contributed by atoms with E-state index in [1.807, 2.05) is 0 Å². The van der Waals surface area contributed by atoms with E-state index in [4.69, 9.17) is 11.6 Å². The molecule has 23 heavy (non-hydrogen) atoms. The largest absolute Gasteiger partial charge is 0.346 e. The Bertz CT molecular complexity index is 955. The van der Waals surface area contributed by atoms with Crippen LogP contribution in [0.1, 0.15) is 16.1 Å². The highest BCUT2D eigenvalue weighted by atomic mass is 35.5. The monoisotopic (exact) mass is 331 g/mol. The number of fused-ring (bicyclic) bond motifs is 1. The van der Waals surface area contributed by atoms with Gasteiger partial charge in [0.25, 0.3) is 11.5 Å². The van der Waals surface area contributed by atoms with Crippen molar-refractivity contribution in [3.8, 4) is 0 Å². The minimum atomic E-state index is -0.460. The number of benzene rings is 2. The van der Waals surface area contributed by atoms with Gasteiger partial charge in [-0.3, -0.25) is 9.59 Å². The number of halogens is 2. The third-order valence-electron chi connectivity index (χ3n) is 3.37. The van der Waals surface area contributed by atoms with Crippen LogP contribution in [0.2, 0.25) is 5.02 Å². The SMILES string of the molecule is O=C(NCc1ccc(F)cc1Cl)c1n[nH]c(=O)c2ccccc12. The zero-order chi connectivity index (χ0) is 16.4. The highest BCUT2D eigenvalue weighted by molar-refractivity contribution is 6.31. The van der Waals surface area contributed by atoms with Crippen molar-refractivity contribution < 1.29 is 9.18 Å². The summed E-state index contributed by atoms with van der Waals surface area (Å²) in [5.74, 6) is -0.906. The normalized spacial score (nSPS) is 10.7. The summed E-state index contributed by atoms with van der Waals surface area (Å²) in [6.07, 6.45) is 0. The number of H-pyrrole nitrogens is 1. The van der Waals surface area contributed by atoms with E-state index in [-0.39, 0.29) is 22.8 Å². The maximum Gasteiger partial charge on any atom is 0.272 e. The fourth-order valence-corrected chi connectivity index (χ4v) is 2.45. The highest BCUT2D eigenvalue weighted by Crippen LogP contribution is 2.17. The summed E-state index contributed by atoms with van der Waals surface area (Å²) in [5, 5.41) is 9.83. The van der Waals surface area contributed by atoms with Gasteiger partial charge in [0.1, 0.15) is 5.82 Å².